The SMILES string of the molecule is CC(=O)Oc1ccccc1OCC(O)CCCc1ccc(C(F)(F)F)cc1. The molecule has 0 saturated carbocycles. The molecule has 2 aromatic rings. The lowest BCUT2D eigenvalue weighted by Crippen LogP contribution is -2.18. The van der Waals surface area contributed by atoms with Crippen LogP contribution in [0.2, 0.25) is 0 Å². The normalized spacial score (nSPS) is 12.5. The van der Waals surface area contributed by atoms with E-state index in [1.807, 2.05) is 0 Å². The van der Waals surface area contributed by atoms with E-state index in [-0.39, 0.29) is 12.4 Å². The maximum absolute atomic E-state index is 12.5. The van der Waals surface area contributed by atoms with Gasteiger partial charge in [-0.05, 0) is 49.1 Å². The monoisotopic (exact) mass is 382 g/mol. The van der Waals surface area contributed by atoms with Gasteiger partial charge in [0.15, 0.2) is 11.5 Å². The summed E-state index contributed by atoms with van der Waals surface area (Å²) in [6, 6.07) is 11.6. The Morgan fingerprint density at radius 1 is 1.07 bits per heavy atom. The summed E-state index contributed by atoms with van der Waals surface area (Å²) >= 11 is 0. The molecule has 0 spiro atoms. The highest BCUT2D eigenvalue weighted by atomic mass is 19.4. The number of halogens is 3. The second kappa shape index (κ2) is 9.41. The molecule has 0 aliphatic heterocycles. The van der Waals surface area contributed by atoms with Gasteiger partial charge < -0.3 is 14.6 Å². The number of para-hydroxylation sites is 2. The van der Waals surface area contributed by atoms with Crippen molar-refractivity contribution in [2.75, 3.05) is 6.61 Å². The summed E-state index contributed by atoms with van der Waals surface area (Å²) in [6.07, 6.45) is -3.50. The Morgan fingerprint density at radius 2 is 1.70 bits per heavy atom. The number of aliphatic hydroxyl groups is 1. The van der Waals surface area contributed by atoms with Crippen molar-refractivity contribution in [3.05, 3.63) is 59.7 Å². The Balaban J connectivity index is 1.77. The highest BCUT2D eigenvalue weighted by Gasteiger charge is 2.29. The molecule has 0 heterocycles. The van der Waals surface area contributed by atoms with E-state index in [4.69, 9.17) is 9.47 Å². The molecule has 0 aliphatic carbocycles. The minimum absolute atomic E-state index is 0.0191. The zero-order valence-corrected chi connectivity index (χ0v) is 14.8. The first-order valence-electron chi connectivity index (χ1n) is 8.50. The van der Waals surface area contributed by atoms with Crippen LogP contribution in [-0.2, 0) is 17.4 Å². The third-order valence-corrected chi connectivity index (χ3v) is 3.82. The Hall–Kier alpha value is -2.54. The van der Waals surface area contributed by atoms with E-state index in [1.165, 1.54) is 19.1 Å². The molecule has 1 N–H and O–H groups in total. The number of aryl methyl sites for hydroxylation is 1. The fraction of sp³-hybridized carbons (Fsp3) is 0.350. The number of carbonyl (C=O) groups is 1. The molecule has 27 heavy (non-hydrogen) atoms. The molecule has 0 aliphatic rings. The first-order valence-corrected chi connectivity index (χ1v) is 8.50. The van der Waals surface area contributed by atoms with Crippen molar-refractivity contribution >= 4 is 5.97 Å². The molecule has 0 radical (unpaired) electrons. The van der Waals surface area contributed by atoms with Gasteiger partial charge in [0, 0.05) is 6.92 Å². The summed E-state index contributed by atoms with van der Waals surface area (Å²) in [7, 11) is 0. The fourth-order valence-corrected chi connectivity index (χ4v) is 2.48. The van der Waals surface area contributed by atoms with E-state index in [0.717, 1.165) is 17.7 Å². The van der Waals surface area contributed by atoms with E-state index in [9.17, 15) is 23.1 Å². The van der Waals surface area contributed by atoms with Crippen LogP contribution in [-0.4, -0.2) is 23.8 Å². The minimum Gasteiger partial charge on any atom is -0.487 e. The van der Waals surface area contributed by atoms with Crippen LogP contribution in [0.25, 0.3) is 0 Å². The van der Waals surface area contributed by atoms with Gasteiger partial charge in [0.05, 0.1) is 11.7 Å². The average Bonchev–Trinajstić information content (AvgIpc) is 2.60. The highest BCUT2D eigenvalue weighted by molar-refractivity contribution is 5.70. The van der Waals surface area contributed by atoms with Crippen molar-refractivity contribution < 1.29 is 32.5 Å². The average molecular weight is 382 g/mol. The molecule has 0 saturated heterocycles. The zero-order chi connectivity index (χ0) is 19.9. The van der Waals surface area contributed by atoms with Crippen molar-refractivity contribution in [2.24, 2.45) is 0 Å². The Kier molecular flexibility index (Phi) is 7.24. The Morgan fingerprint density at radius 3 is 2.30 bits per heavy atom. The van der Waals surface area contributed by atoms with Crippen LogP contribution in [0.3, 0.4) is 0 Å². The molecule has 1 unspecified atom stereocenters. The molecule has 0 fully saturated rings. The molecular weight excluding hydrogens is 361 g/mol. The molecule has 4 nitrogen and oxygen atoms in total. The summed E-state index contributed by atoms with van der Waals surface area (Å²) < 4.78 is 48.1. The Bertz CT molecular complexity index is 742. The summed E-state index contributed by atoms with van der Waals surface area (Å²) in [5.74, 6) is 0.166. The lowest BCUT2D eigenvalue weighted by molar-refractivity contribution is -0.137. The quantitative estimate of drug-likeness (QED) is 0.543. The van der Waals surface area contributed by atoms with Gasteiger partial charge in [0.2, 0.25) is 0 Å². The number of hydrogen-bond acceptors (Lipinski definition) is 4. The molecule has 2 rings (SSSR count). The van der Waals surface area contributed by atoms with E-state index >= 15 is 0 Å². The van der Waals surface area contributed by atoms with Crippen molar-refractivity contribution in [2.45, 2.75) is 38.5 Å². The van der Waals surface area contributed by atoms with E-state index in [0.29, 0.717) is 25.0 Å². The first kappa shape index (κ1) is 20.8. The number of alkyl halides is 3. The van der Waals surface area contributed by atoms with Gasteiger partial charge >= 0.3 is 12.1 Å². The lowest BCUT2D eigenvalue weighted by Gasteiger charge is -2.14. The first-order chi connectivity index (χ1) is 12.8. The molecule has 2 aromatic carbocycles. The van der Waals surface area contributed by atoms with Crippen molar-refractivity contribution in [1.82, 2.24) is 0 Å². The van der Waals surface area contributed by atoms with E-state index < -0.39 is 23.8 Å². The van der Waals surface area contributed by atoms with Gasteiger partial charge in [-0.2, -0.15) is 13.2 Å². The topological polar surface area (TPSA) is 55.8 Å². The van der Waals surface area contributed by atoms with Crippen molar-refractivity contribution in [3.8, 4) is 11.5 Å². The molecule has 0 aromatic heterocycles. The number of ether oxygens (including phenoxy) is 2. The van der Waals surface area contributed by atoms with Gasteiger partial charge in [-0.3, -0.25) is 4.79 Å². The van der Waals surface area contributed by atoms with Crippen LogP contribution in [0.5, 0.6) is 11.5 Å². The summed E-state index contributed by atoms with van der Waals surface area (Å²) in [5.41, 5.74) is 0.0995. The maximum atomic E-state index is 12.5. The van der Waals surface area contributed by atoms with Gasteiger partial charge in [-0.1, -0.05) is 24.3 Å². The molecule has 0 bridgehead atoms. The number of benzene rings is 2. The van der Waals surface area contributed by atoms with Gasteiger partial charge in [0.1, 0.15) is 6.61 Å². The fourth-order valence-electron chi connectivity index (χ4n) is 2.48. The highest BCUT2D eigenvalue weighted by Crippen LogP contribution is 2.29. The van der Waals surface area contributed by atoms with Crippen LogP contribution in [0.4, 0.5) is 13.2 Å². The third-order valence-electron chi connectivity index (χ3n) is 3.82. The van der Waals surface area contributed by atoms with Crippen LogP contribution >= 0.6 is 0 Å². The largest absolute Gasteiger partial charge is 0.487 e. The van der Waals surface area contributed by atoms with Crippen molar-refractivity contribution in [1.29, 1.82) is 0 Å². The minimum atomic E-state index is -4.34. The molecule has 1 atom stereocenters. The van der Waals surface area contributed by atoms with E-state index in [1.54, 1.807) is 24.3 Å². The zero-order valence-electron chi connectivity index (χ0n) is 14.8. The molecule has 146 valence electrons. The second-order valence-corrected chi connectivity index (χ2v) is 6.09. The second-order valence-electron chi connectivity index (χ2n) is 6.09. The number of carbonyl (C=O) groups excluding carboxylic acids is 1. The summed E-state index contributed by atoms with van der Waals surface area (Å²) in [4.78, 5) is 11.1. The van der Waals surface area contributed by atoms with Gasteiger partial charge in [-0.15, -0.1) is 0 Å². The van der Waals surface area contributed by atoms with Crippen LogP contribution in [0, 0.1) is 0 Å². The molecular formula is C20H21F3O4. The van der Waals surface area contributed by atoms with E-state index in [2.05, 4.69) is 0 Å². The summed E-state index contributed by atoms with van der Waals surface area (Å²) in [5, 5.41) is 10.0. The van der Waals surface area contributed by atoms with Crippen LogP contribution < -0.4 is 9.47 Å². The molecule has 7 heteroatoms. The predicted molar refractivity (Wildman–Crippen MR) is 93.6 cm³/mol. The number of esters is 1. The maximum Gasteiger partial charge on any atom is 0.416 e. The number of aliphatic hydroxyl groups excluding tert-OH is 1. The van der Waals surface area contributed by atoms with Crippen LogP contribution in [0.15, 0.2) is 48.5 Å². The van der Waals surface area contributed by atoms with Gasteiger partial charge in [0.25, 0.3) is 0 Å². The predicted octanol–water partition coefficient (Wildman–Crippen LogP) is 4.39. The Labute approximate surface area is 155 Å². The lowest BCUT2D eigenvalue weighted by atomic mass is 10.0. The third kappa shape index (κ3) is 6.94. The number of rotatable bonds is 8. The van der Waals surface area contributed by atoms with Gasteiger partial charge in [-0.25, -0.2) is 0 Å². The smallest absolute Gasteiger partial charge is 0.416 e. The summed E-state index contributed by atoms with van der Waals surface area (Å²) in [6.45, 7) is 1.30. The van der Waals surface area contributed by atoms with Crippen molar-refractivity contribution in [3.63, 3.8) is 0 Å². The van der Waals surface area contributed by atoms with Crippen LogP contribution in [0.1, 0.15) is 30.9 Å². The molecule has 0 amide bonds. The number of hydrogen-bond donors (Lipinski definition) is 1. The standard InChI is InChI=1S/C20H21F3O4/c1-14(24)27-19-8-3-2-7-18(19)26-13-17(25)6-4-5-15-9-11-16(12-10-15)20(21,22)23/h2-3,7-12,17,25H,4-6,13H2,1H3.